The van der Waals surface area contributed by atoms with Gasteiger partial charge in [-0.2, -0.15) is 0 Å². The van der Waals surface area contributed by atoms with Crippen LogP contribution in [-0.2, 0) is 25.5 Å². The summed E-state index contributed by atoms with van der Waals surface area (Å²) in [4.78, 5) is 30.8. The van der Waals surface area contributed by atoms with E-state index < -0.39 is 17.2 Å². The number of carbonyl (C=O) groups excluding carboxylic acids is 2. The van der Waals surface area contributed by atoms with Crippen LogP contribution in [0.4, 0.5) is 0 Å². The Labute approximate surface area is 169 Å². The lowest BCUT2D eigenvalue weighted by Crippen LogP contribution is -2.69. The molecular weight excluding hydrogens is 382 g/mol. The number of amides is 2. The maximum Gasteiger partial charge on any atom is 0.246 e. The van der Waals surface area contributed by atoms with Gasteiger partial charge in [0.05, 0.1) is 28.3 Å². The van der Waals surface area contributed by atoms with Crippen LogP contribution >= 0.6 is 11.3 Å². The van der Waals surface area contributed by atoms with E-state index >= 15 is 0 Å². The predicted molar refractivity (Wildman–Crippen MR) is 104 cm³/mol. The molecule has 2 amide bonds. The minimum absolute atomic E-state index is 0.0432. The second kappa shape index (κ2) is 8.44. The van der Waals surface area contributed by atoms with E-state index in [0.29, 0.717) is 45.4 Å². The Kier molecular flexibility index (Phi) is 6.38. The van der Waals surface area contributed by atoms with Crippen LogP contribution in [0.3, 0.4) is 0 Å². The molecule has 2 atom stereocenters. The molecule has 1 spiro atoms. The molecule has 8 nitrogen and oxygen atoms in total. The number of likely N-dealkylation sites (tertiary alicyclic amines) is 1. The average Bonchev–Trinajstić information content (AvgIpc) is 3.05. The Hall–Kier alpha value is -1.55. The molecule has 0 aromatic carbocycles. The first-order chi connectivity index (χ1) is 13.3. The number of aryl methyl sites for hydroxylation is 1. The molecule has 0 aliphatic carbocycles. The van der Waals surface area contributed by atoms with Crippen LogP contribution in [-0.4, -0.2) is 77.5 Å². The van der Waals surface area contributed by atoms with Gasteiger partial charge in [-0.15, -0.1) is 11.3 Å². The van der Waals surface area contributed by atoms with Gasteiger partial charge in [0.15, 0.2) is 0 Å². The van der Waals surface area contributed by atoms with Crippen LogP contribution in [0.5, 0.6) is 0 Å². The van der Waals surface area contributed by atoms with Crippen molar-refractivity contribution in [3.8, 4) is 0 Å². The number of piperidine rings is 1. The molecule has 9 heteroatoms. The largest absolute Gasteiger partial charge is 0.388 e. The smallest absolute Gasteiger partial charge is 0.246 e. The highest BCUT2D eigenvalue weighted by atomic mass is 32.1. The zero-order valence-corrected chi connectivity index (χ0v) is 17.5. The second-order valence-electron chi connectivity index (χ2n) is 7.88. The number of nitrogens with one attached hydrogen (secondary N) is 1. The lowest BCUT2D eigenvalue weighted by molar-refractivity contribution is -0.208. The Morgan fingerprint density at radius 2 is 2.14 bits per heavy atom. The molecule has 0 saturated carbocycles. The summed E-state index contributed by atoms with van der Waals surface area (Å²) in [5.41, 5.74) is -0.727. The molecule has 1 unspecified atom stereocenters. The molecule has 28 heavy (non-hydrogen) atoms. The minimum atomic E-state index is -0.854. The van der Waals surface area contributed by atoms with Crippen molar-refractivity contribution >= 4 is 23.2 Å². The topological polar surface area (TPSA) is 101 Å². The van der Waals surface area contributed by atoms with Gasteiger partial charge >= 0.3 is 0 Å². The number of ether oxygens (including phenoxy) is 2. The van der Waals surface area contributed by atoms with E-state index in [9.17, 15) is 14.7 Å². The monoisotopic (exact) mass is 411 g/mol. The fourth-order valence-corrected chi connectivity index (χ4v) is 4.80. The predicted octanol–water partition coefficient (Wildman–Crippen LogP) is 0.658. The summed E-state index contributed by atoms with van der Waals surface area (Å²) in [5, 5.41) is 16.9. The number of methoxy groups -OCH3 is 1. The van der Waals surface area contributed by atoms with Gasteiger partial charge in [-0.25, -0.2) is 4.98 Å². The molecule has 1 aromatic heterocycles. The number of thiazole rings is 1. The highest BCUT2D eigenvalue weighted by Crippen LogP contribution is 2.40. The van der Waals surface area contributed by atoms with E-state index in [-0.39, 0.29) is 18.4 Å². The summed E-state index contributed by atoms with van der Waals surface area (Å²) in [7, 11) is 1.46. The zero-order chi connectivity index (χ0) is 20.4. The van der Waals surface area contributed by atoms with Crippen molar-refractivity contribution in [1.29, 1.82) is 0 Å². The number of nitrogens with zero attached hydrogens (tertiary/aromatic N) is 2. The van der Waals surface area contributed by atoms with E-state index in [0.717, 1.165) is 10.7 Å². The number of aromatic nitrogens is 1. The summed E-state index contributed by atoms with van der Waals surface area (Å²) < 4.78 is 10.9. The van der Waals surface area contributed by atoms with Crippen molar-refractivity contribution in [3.05, 3.63) is 16.1 Å². The molecule has 0 bridgehead atoms. The molecule has 2 aliphatic heterocycles. The van der Waals surface area contributed by atoms with E-state index in [1.165, 1.54) is 7.11 Å². The number of hydrogen-bond acceptors (Lipinski definition) is 7. The first-order valence-corrected chi connectivity index (χ1v) is 10.5. The summed E-state index contributed by atoms with van der Waals surface area (Å²) in [6, 6.07) is 0. The minimum Gasteiger partial charge on any atom is -0.388 e. The van der Waals surface area contributed by atoms with Crippen molar-refractivity contribution in [2.24, 2.45) is 0 Å². The maximum atomic E-state index is 12.6. The quantitative estimate of drug-likeness (QED) is 0.738. The number of carbonyl (C=O) groups is 2. The van der Waals surface area contributed by atoms with Gasteiger partial charge < -0.3 is 24.8 Å². The van der Waals surface area contributed by atoms with Crippen LogP contribution in [0.2, 0.25) is 0 Å². The molecule has 1 aromatic rings. The van der Waals surface area contributed by atoms with Crippen LogP contribution in [0.1, 0.15) is 36.9 Å². The van der Waals surface area contributed by atoms with Crippen molar-refractivity contribution in [1.82, 2.24) is 15.2 Å². The fourth-order valence-electron chi connectivity index (χ4n) is 4.19. The summed E-state index contributed by atoms with van der Waals surface area (Å²) in [6.07, 6.45) is 1.04. The fraction of sp³-hybridized carbons (Fsp3) is 0.737. The molecule has 2 fully saturated rings. The van der Waals surface area contributed by atoms with Crippen LogP contribution in [0, 0.1) is 6.92 Å². The van der Waals surface area contributed by atoms with Crippen molar-refractivity contribution < 1.29 is 24.2 Å². The van der Waals surface area contributed by atoms with Gasteiger partial charge in [0.2, 0.25) is 11.8 Å². The number of hydrogen-bond donors (Lipinski definition) is 2. The Balaban J connectivity index is 1.61. The van der Waals surface area contributed by atoms with E-state index in [1.54, 1.807) is 11.3 Å². The maximum absolute atomic E-state index is 12.6. The number of aliphatic hydroxyl groups is 1. The van der Waals surface area contributed by atoms with Crippen molar-refractivity contribution in [3.63, 3.8) is 0 Å². The van der Waals surface area contributed by atoms with Crippen LogP contribution in [0.25, 0.3) is 0 Å². The van der Waals surface area contributed by atoms with Gasteiger partial charge in [-0.05, 0) is 33.1 Å². The third kappa shape index (κ3) is 4.37. The van der Waals surface area contributed by atoms with E-state index in [4.69, 9.17) is 9.47 Å². The highest BCUT2D eigenvalue weighted by Gasteiger charge is 2.54. The second-order valence-corrected chi connectivity index (χ2v) is 8.94. The molecule has 156 valence electrons. The van der Waals surface area contributed by atoms with Gasteiger partial charge in [-0.3, -0.25) is 9.59 Å². The van der Waals surface area contributed by atoms with Crippen LogP contribution < -0.4 is 5.32 Å². The number of aliphatic hydroxyl groups excluding tert-OH is 1. The summed E-state index contributed by atoms with van der Waals surface area (Å²) in [5.74, 6) is -0.214. The van der Waals surface area contributed by atoms with Crippen molar-refractivity contribution in [2.45, 2.75) is 56.8 Å². The zero-order valence-electron chi connectivity index (χ0n) is 16.7. The molecule has 0 radical (unpaired) electrons. The van der Waals surface area contributed by atoms with Gasteiger partial charge in [0.1, 0.15) is 12.7 Å². The molecule has 3 rings (SSSR count). The lowest BCUT2D eigenvalue weighted by Gasteiger charge is -2.53. The van der Waals surface area contributed by atoms with Crippen molar-refractivity contribution in [2.75, 3.05) is 33.4 Å². The molecule has 2 aliphatic rings. The Morgan fingerprint density at radius 1 is 1.43 bits per heavy atom. The lowest BCUT2D eigenvalue weighted by atomic mass is 9.73. The molecule has 2 N–H and O–H groups in total. The highest BCUT2D eigenvalue weighted by molar-refractivity contribution is 7.09. The molecule has 3 heterocycles. The third-order valence-corrected chi connectivity index (χ3v) is 6.60. The third-order valence-electron chi connectivity index (χ3n) is 5.77. The van der Waals surface area contributed by atoms with Gasteiger partial charge in [0.25, 0.3) is 0 Å². The average molecular weight is 412 g/mol. The summed E-state index contributed by atoms with van der Waals surface area (Å²) >= 11 is 1.54. The normalized spacial score (nSPS) is 27.0. The standard InChI is InChI=1S/C19H29N3O5S/c1-13-20-14(12-28-13)10-16(24)22-7-4-19(5-8-22)17(25)18(2,6-9-27-19)21-15(23)11-26-3/h12,17,25H,4-11H2,1-3H3,(H,21,23)/t17?,18-/m1/s1. The van der Waals surface area contributed by atoms with E-state index in [1.807, 2.05) is 24.1 Å². The number of rotatable bonds is 5. The Bertz CT molecular complexity index is 716. The summed E-state index contributed by atoms with van der Waals surface area (Å²) in [6.45, 7) is 5.20. The van der Waals surface area contributed by atoms with Crippen LogP contribution in [0.15, 0.2) is 5.38 Å². The first-order valence-electron chi connectivity index (χ1n) is 9.59. The molecule has 2 saturated heterocycles. The SMILES string of the molecule is COCC(=O)N[C@]1(C)CCOC2(CCN(C(=O)Cc3csc(C)n3)CC2)C1O. The Morgan fingerprint density at radius 3 is 2.75 bits per heavy atom. The molecular formula is C19H29N3O5S. The first kappa shape index (κ1) is 21.2. The van der Waals surface area contributed by atoms with Gasteiger partial charge in [0, 0.05) is 32.2 Å². The van der Waals surface area contributed by atoms with Gasteiger partial charge in [-0.1, -0.05) is 0 Å². The van der Waals surface area contributed by atoms with E-state index in [2.05, 4.69) is 10.3 Å².